The Morgan fingerprint density at radius 3 is 2.00 bits per heavy atom. The minimum absolute atomic E-state index is 0.250. The molecule has 0 aromatic carbocycles. The summed E-state index contributed by atoms with van der Waals surface area (Å²) in [6, 6.07) is 0. The van der Waals surface area contributed by atoms with Crippen LogP contribution in [-0.2, 0) is 0 Å². The first kappa shape index (κ1) is 5.21. The first-order chi connectivity index (χ1) is 1.73. The standard InChI is InChI=1S/C2H5O.Er/c1-2-3;/h2-3H,1H3;. The van der Waals surface area contributed by atoms with Gasteiger partial charge in [-0.2, -0.15) is 0 Å². The third kappa shape index (κ3) is 10.7. The van der Waals surface area contributed by atoms with E-state index in [2.05, 4.69) is 35.4 Å². The normalized spacial score (nSPS) is 16.0. The molecule has 0 saturated carbocycles. The molecule has 4 heavy (non-hydrogen) atoms. The molecule has 0 aromatic heterocycles. The molecule has 1 nitrogen and oxygen atoms in total. The van der Waals surface area contributed by atoms with Crippen LogP contribution in [0.15, 0.2) is 0 Å². The van der Waals surface area contributed by atoms with Crippen LogP contribution in [-0.4, -0.2) is 7.37 Å². The molecule has 0 aromatic rings. The molecule has 0 aliphatic rings. The van der Waals surface area contributed by atoms with Gasteiger partial charge >= 0.3 is 49.7 Å². The van der Waals surface area contributed by atoms with Gasteiger partial charge in [0.25, 0.3) is 0 Å². The van der Waals surface area contributed by atoms with Gasteiger partial charge in [-0.25, -0.2) is 0 Å². The Morgan fingerprint density at radius 2 is 2.00 bits per heavy atom. The molecule has 0 aliphatic carbocycles. The second-order valence-corrected chi connectivity index (χ2v) is 2.05. The summed E-state index contributed by atoms with van der Waals surface area (Å²) in [5.74, 6) is 0. The first-order valence-corrected chi connectivity index (χ1v) is 2.07. The molecular formula is C2H5ErO. The van der Waals surface area contributed by atoms with Crippen molar-refractivity contribution in [3.8, 4) is 0 Å². The van der Waals surface area contributed by atoms with E-state index in [0.29, 0.717) is 0 Å². The van der Waals surface area contributed by atoms with Crippen molar-refractivity contribution >= 4 is 0 Å². The molecule has 0 saturated heterocycles. The van der Waals surface area contributed by atoms with Gasteiger partial charge in [-0.15, -0.1) is 0 Å². The zero-order valence-electron chi connectivity index (χ0n) is 2.31. The predicted octanol–water partition coefficient (Wildman–Crippen LogP) is -0.126. The Labute approximate surface area is 49.3 Å². The molecule has 0 heterocycles. The SMILES string of the molecule is C[CH](O)[Er]. The van der Waals surface area contributed by atoms with E-state index in [0.717, 1.165) is 0 Å². The number of hydrogen-bond donors (Lipinski definition) is 1. The van der Waals surface area contributed by atoms with Crippen molar-refractivity contribution < 1.29 is 40.5 Å². The van der Waals surface area contributed by atoms with Crippen molar-refractivity contribution in [1.82, 2.24) is 0 Å². The Hall–Kier alpha value is 1.21. The van der Waals surface area contributed by atoms with E-state index in [1.54, 1.807) is 6.92 Å². The Balaban J connectivity index is 2.32. The van der Waals surface area contributed by atoms with Crippen molar-refractivity contribution in [2.24, 2.45) is 0 Å². The van der Waals surface area contributed by atoms with E-state index in [1.807, 2.05) is 0 Å². The van der Waals surface area contributed by atoms with Gasteiger partial charge in [0.05, 0.1) is 0 Å². The van der Waals surface area contributed by atoms with Crippen LogP contribution >= 0.6 is 0 Å². The van der Waals surface area contributed by atoms with Crippen LogP contribution in [0.3, 0.4) is 0 Å². The average molecular weight is 212 g/mol. The van der Waals surface area contributed by atoms with Crippen LogP contribution in [0.25, 0.3) is 0 Å². The fraction of sp³-hybridized carbons (Fsp3) is 1.00. The van der Waals surface area contributed by atoms with Gasteiger partial charge in [-0.1, -0.05) is 0 Å². The zero-order chi connectivity index (χ0) is 3.58. The molecule has 0 radical (unpaired) electrons. The Bertz CT molecular complexity index is 10.8. The van der Waals surface area contributed by atoms with Gasteiger partial charge in [-0.3, -0.25) is 0 Å². The van der Waals surface area contributed by atoms with Crippen LogP contribution in [0.4, 0.5) is 0 Å². The van der Waals surface area contributed by atoms with E-state index in [-0.39, 0.29) is 2.26 Å². The number of rotatable bonds is 0. The molecule has 0 spiro atoms. The third-order valence-electron chi connectivity index (χ3n) is 0. The van der Waals surface area contributed by atoms with Gasteiger partial charge in [0.2, 0.25) is 0 Å². The molecule has 0 amide bonds. The van der Waals surface area contributed by atoms with E-state index >= 15 is 0 Å². The van der Waals surface area contributed by atoms with E-state index < -0.39 is 0 Å². The summed E-state index contributed by atoms with van der Waals surface area (Å²) in [6.45, 7) is 1.69. The second kappa shape index (κ2) is 2.44. The quantitative estimate of drug-likeness (QED) is 0.593. The molecule has 0 bridgehead atoms. The average Bonchev–Trinajstić information content (AvgIpc) is 0.811. The minimum atomic E-state index is -0.250. The van der Waals surface area contributed by atoms with Crippen molar-refractivity contribution in [3.63, 3.8) is 0 Å². The maximum absolute atomic E-state index is 8.02. The molecule has 1 N–H and O–H groups in total. The van der Waals surface area contributed by atoms with E-state index in [9.17, 15) is 0 Å². The summed E-state index contributed by atoms with van der Waals surface area (Å²) in [5.41, 5.74) is 0. The van der Waals surface area contributed by atoms with E-state index in [4.69, 9.17) is 5.11 Å². The number of hydrogen-bond acceptors (Lipinski definition) is 1. The number of aliphatic hydroxyl groups is 1. The first-order valence-electron chi connectivity index (χ1n) is 1.00. The molecule has 0 aliphatic heterocycles. The summed E-state index contributed by atoms with van der Waals surface area (Å²) < 4.78 is -0.250. The van der Waals surface area contributed by atoms with Gasteiger partial charge in [0.1, 0.15) is 0 Å². The summed E-state index contributed by atoms with van der Waals surface area (Å²) in [4.78, 5) is 0. The van der Waals surface area contributed by atoms with Crippen LogP contribution in [0.2, 0.25) is 0 Å². The van der Waals surface area contributed by atoms with Crippen molar-refractivity contribution in [1.29, 1.82) is 0 Å². The molecule has 31 valence electrons. The maximum atomic E-state index is 8.02. The van der Waals surface area contributed by atoms with Gasteiger partial charge < -0.3 is 0 Å². The monoisotopic (exact) mass is 211 g/mol. The van der Waals surface area contributed by atoms with Gasteiger partial charge in [0.15, 0.2) is 0 Å². The third-order valence-corrected chi connectivity index (χ3v) is 0. The summed E-state index contributed by atoms with van der Waals surface area (Å²) in [6.07, 6.45) is 0. The Kier molecular flexibility index (Phi) is 3.18. The molecule has 2 heteroatoms. The zero-order valence-corrected chi connectivity index (χ0v) is 4.17. The summed E-state index contributed by atoms with van der Waals surface area (Å²) >= 11 is 2.21. The van der Waals surface area contributed by atoms with Gasteiger partial charge in [0, 0.05) is 0 Å². The predicted molar refractivity (Wildman–Crippen MR) is 11.7 cm³/mol. The molecule has 1 unspecified atom stereocenters. The van der Waals surface area contributed by atoms with Crippen molar-refractivity contribution in [3.05, 3.63) is 0 Å². The number of aliphatic hydroxyl groups excluding tert-OH is 1. The van der Waals surface area contributed by atoms with Crippen LogP contribution in [0.5, 0.6) is 0 Å². The molecule has 0 fully saturated rings. The second-order valence-electron chi connectivity index (χ2n) is 0.499. The Morgan fingerprint density at radius 1 is 2.00 bits per heavy atom. The van der Waals surface area contributed by atoms with Crippen molar-refractivity contribution in [2.75, 3.05) is 0 Å². The van der Waals surface area contributed by atoms with Crippen LogP contribution < -0.4 is 0 Å². The van der Waals surface area contributed by atoms with Crippen LogP contribution in [0.1, 0.15) is 6.92 Å². The van der Waals surface area contributed by atoms with Gasteiger partial charge in [-0.05, 0) is 0 Å². The molecule has 0 rings (SSSR count). The summed E-state index contributed by atoms with van der Waals surface area (Å²) in [5, 5.41) is 8.02. The molecule has 1 atom stereocenters. The van der Waals surface area contributed by atoms with Crippen LogP contribution in [0, 0.1) is 35.4 Å². The topological polar surface area (TPSA) is 20.2 Å². The molecular weight excluding hydrogens is 207 g/mol. The fourth-order valence-electron chi connectivity index (χ4n) is 0. The van der Waals surface area contributed by atoms with Crippen molar-refractivity contribution in [2.45, 2.75) is 9.19 Å². The van der Waals surface area contributed by atoms with E-state index in [1.165, 1.54) is 0 Å². The fourth-order valence-corrected chi connectivity index (χ4v) is 0. The summed E-state index contributed by atoms with van der Waals surface area (Å²) in [7, 11) is 0.